The molecule has 2 rings (SSSR count). The standard InChI is InChI=1S/C16H17NO2S/c1-11-3-6-13(7-4-11)17-16(19)10-8-14(18)15-9-5-12(2)20-15/h3-7,9H,8,10H2,1-2H3,(H,17,19). The molecule has 0 radical (unpaired) electrons. The first-order valence-corrected chi connectivity index (χ1v) is 7.32. The number of thiophene rings is 1. The van der Waals surface area contributed by atoms with Gasteiger partial charge >= 0.3 is 0 Å². The van der Waals surface area contributed by atoms with E-state index in [4.69, 9.17) is 0 Å². The van der Waals surface area contributed by atoms with E-state index in [1.165, 1.54) is 11.3 Å². The van der Waals surface area contributed by atoms with Gasteiger partial charge in [-0.2, -0.15) is 0 Å². The lowest BCUT2D eigenvalue weighted by Crippen LogP contribution is -2.13. The van der Waals surface area contributed by atoms with Crippen molar-refractivity contribution < 1.29 is 9.59 Å². The zero-order valence-corrected chi connectivity index (χ0v) is 12.4. The average molecular weight is 287 g/mol. The Labute approximate surface area is 122 Å². The van der Waals surface area contributed by atoms with Crippen LogP contribution in [-0.2, 0) is 4.79 Å². The van der Waals surface area contributed by atoms with Gasteiger partial charge in [-0.15, -0.1) is 11.3 Å². The van der Waals surface area contributed by atoms with Gasteiger partial charge in [-0.05, 0) is 38.1 Å². The van der Waals surface area contributed by atoms with Crippen LogP contribution in [0.5, 0.6) is 0 Å². The third kappa shape index (κ3) is 4.03. The van der Waals surface area contributed by atoms with E-state index >= 15 is 0 Å². The second-order valence-corrected chi connectivity index (χ2v) is 6.04. The Morgan fingerprint density at radius 3 is 2.30 bits per heavy atom. The highest BCUT2D eigenvalue weighted by Crippen LogP contribution is 2.17. The molecule has 2 aromatic rings. The van der Waals surface area contributed by atoms with Gasteiger partial charge in [-0.1, -0.05) is 17.7 Å². The molecule has 0 fully saturated rings. The maximum Gasteiger partial charge on any atom is 0.224 e. The summed E-state index contributed by atoms with van der Waals surface area (Å²) >= 11 is 1.47. The minimum Gasteiger partial charge on any atom is -0.326 e. The van der Waals surface area contributed by atoms with Crippen molar-refractivity contribution in [2.24, 2.45) is 0 Å². The van der Waals surface area contributed by atoms with Crippen molar-refractivity contribution in [2.45, 2.75) is 26.7 Å². The molecule has 3 nitrogen and oxygen atoms in total. The van der Waals surface area contributed by atoms with Crippen molar-refractivity contribution in [2.75, 3.05) is 5.32 Å². The first kappa shape index (κ1) is 14.5. The van der Waals surface area contributed by atoms with Crippen LogP contribution in [-0.4, -0.2) is 11.7 Å². The van der Waals surface area contributed by atoms with Crippen molar-refractivity contribution in [1.82, 2.24) is 0 Å². The van der Waals surface area contributed by atoms with Gasteiger partial charge < -0.3 is 5.32 Å². The van der Waals surface area contributed by atoms with Crippen molar-refractivity contribution in [3.05, 3.63) is 51.7 Å². The van der Waals surface area contributed by atoms with E-state index in [0.717, 1.165) is 21.0 Å². The Morgan fingerprint density at radius 1 is 1.00 bits per heavy atom. The molecule has 1 aromatic carbocycles. The quantitative estimate of drug-likeness (QED) is 0.846. The van der Waals surface area contributed by atoms with Crippen LogP contribution in [0.25, 0.3) is 0 Å². The van der Waals surface area contributed by atoms with Gasteiger partial charge in [0.05, 0.1) is 4.88 Å². The molecule has 0 atom stereocenters. The monoisotopic (exact) mass is 287 g/mol. The number of rotatable bonds is 5. The van der Waals surface area contributed by atoms with Crippen LogP contribution >= 0.6 is 11.3 Å². The Kier molecular flexibility index (Phi) is 4.69. The van der Waals surface area contributed by atoms with Gasteiger partial charge in [0.2, 0.25) is 5.91 Å². The van der Waals surface area contributed by atoms with E-state index in [-0.39, 0.29) is 24.5 Å². The minimum absolute atomic E-state index is 0.0298. The fraction of sp³-hybridized carbons (Fsp3) is 0.250. The minimum atomic E-state index is -0.129. The first-order chi connectivity index (χ1) is 9.54. The maximum absolute atomic E-state index is 11.9. The summed E-state index contributed by atoms with van der Waals surface area (Å²) in [4.78, 5) is 25.5. The van der Waals surface area contributed by atoms with Crippen molar-refractivity contribution in [3.8, 4) is 0 Å². The largest absolute Gasteiger partial charge is 0.326 e. The predicted octanol–water partition coefficient (Wildman–Crippen LogP) is 3.97. The number of Topliss-reactive ketones (excluding diaryl/α,β-unsaturated/α-hetero) is 1. The van der Waals surface area contributed by atoms with E-state index in [1.807, 2.05) is 50.2 Å². The molecule has 0 saturated carbocycles. The van der Waals surface area contributed by atoms with Crippen LogP contribution in [0.3, 0.4) is 0 Å². The lowest BCUT2D eigenvalue weighted by molar-refractivity contribution is -0.116. The number of nitrogens with one attached hydrogen (secondary N) is 1. The van der Waals surface area contributed by atoms with E-state index in [2.05, 4.69) is 5.32 Å². The van der Waals surface area contributed by atoms with E-state index in [9.17, 15) is 9.59 Å². The fourth-order valence-corrected chi connectivity index (χ4v) is 2.63. The van der Waals surface area contributed by atoms with Gasteiger partial charge in [-0.25, -0.2) is 0 Å². The van der Waals surface area contributed by atoms with Crippen molar-refractivity contribution in [1.29, 1.82) is 0 Å². The maximum atomic E-state index is 11.9. The van der Waals surface area contributed by atoms with Crippen molar-refractivity contribution >= 4 is 28.7 Å². The molecule has 0 aliphatic rings. The van der Waals surface area contributed by atoms with E-state index in [1.54, 1.807) is 0 Å². The smallest absolute Gasteiger partial charge is 0.224 e. The number of hydrogen-bond donors (Lipinski definition) is 1. The van der Waals surface area contributed by atoms with Crippen LogP contribution in [0, 0.1) is 13.8 Å². The topological polar surface area (TPSA) is 46.2 Å². The number of anilines is 1. The van der Waals surface area contributed by atoms with Crippen LogP contribution in [0.4, 0.5) is 5.69 Å². The molecular weight excluding hydrogens is 270 g/mol. The zero-order chi connectivity index (χ0) is 14.5. The second-order valence-electron chi connectivity index (χ2n) is 4.75. The van der Waals surface area contributed by atoms with E-state index < -0.39 is 0 Å². The summed E-state index contributed by atoms with van der Waals surface area (Å²) in [5.41, 5.74) is 1.91. The highest BCUT2D eigenvalue weighted by molar-refractivity contribution is 7.14. The molecular formula is C16H17NO2S. The predicted molar refractivity (Wildman–Crippen MR) is 82.4 cm³/mol. The summed E-state index contributed by atoms with van der Waals surface area (Å²) in [6.45, 7) is 3.96. The normalized spacial score (nSPS) is 10.3. The van der Waals surface area contributed by atoms with Gasteiger partial charge in [0.15, 0.2) is 5.78 Å². The van der Waals surface area contributed by atoms with Gasteiger partial charge in [0.1, 0.15) is 0 Å². The van der Waals surface area contributed by atoms with Crippen molar-refractivity contribution in [3.63, 3.8) is 0 Å². The highest BCUT2D eigenvalue weighted by Gasteiger charge is 2.11. The molecule has 0 unspecified atom stereocenters. The number of amides is 1. The molecule has 0 bridgehead atoms. The lowest BCUT2D eigenvalue weighted by Gasteiger charge is -2.04. The molecule has 0 aliphatic carbocycles. The zero-order valence-electron chi connectivity index (χ0n) is 11.6. The lowest BCUT2D eigenvalue weighted by atomic mass is 10.2. The van der Waals surface area contributed by atoms with Gasteiger partial charge in [-0.3, -0.25) is 9.59 Å². The fourth-order valence-electron chi connectivity index (χ4n) is 1.80. The highest BCUT2D eigenvalue weighted by atomic mass is 32.1. The van der Waals surface area contributed by atoms with Gasteiger partial charge in [0, 0.05) is 23.4 Å². The molecule has 1 aromatic heterocycles. The molecule has 1 N–H and O–H groups in total. The summed E-state index contributed by atoms with van der Waals surface area (Å²) in [6.07, 6.45) is 0.460. The van der Waals surface area contributed by atoms with E-state index in [0.29, 0.717) is 0 Å². The van der Waals surface area contributed by atoms with Crippen LogP contribution < -0.4 is 5.32 Å². The number of carbonyl (C=O) groups excluding carboxylic acids is 2. The molecule has 0 saturated heterocycles. The summed E-state index contributed by atoms with van der Waals surface area (Å²) in [5, 5.41) is 2.79. The number of aryl methyl sites for hydroxylation is 2. The molecule has 20 heavy (non-hydrogen) atoms. The number of benzene rings is 1. The third-order valence-corrected chi connectivity index (χ3v) is 3.97. The Hall–Kier alpha value is -1.94. The van der Waals surface area contributed by atoms with Crippen LogP contribution in [0.2, 0.25) is 0 Å². The second kappa shape index (κ2) is 6.48. The summed E-state index contributed by atoms with van der Waals surface area (Å²) in [7, 11) is 0. The first-order valence-electron chi connectivity index (χ1n) is 6.51. The number of ketones is 1. The molecule has 1 heterocycles. The van der Waals surface area contributed by atoms with Crippen LogP contribution in [0.1, 0.15) is 33.0 Å². The summed E-state index contributed by atoms with van der Waals surface area (Å²) < 4.78 is 0. The van der Waals surface area contributed by atoms with Gasteiger partial charge in [0.25, 0.3) is 0 Å². The molecule has 4 heteroatoms. The van der Waals surface area contributed by atoms with Crippen LogP contribution in [0.15, 0.2) is 36.4 Å². The summed E-state index contributed by atoms with van der Waals surface area (Å²) in [5.74, 6) is -0.0994. The Bertz CT molecular complexity index is 614. The molecule has 0 spiro atoms. The molecule has 1 amide bonds. The number of hydrogen-bond acceptors (Lipinski definition) is 3. The SMILES string of the molecule is Cc1ccc(NC(=O)CCC(=O)c2ccc(C)s2)cc1. The summed E-state index contributed by atoms with van der Waals surface area (Å²) in [6, 6.07) is 11.3. The third-order valence-electron chi connectivity index (χ3n) is 2.93. The molecule has 104 valence electrons. The Balaban J connectivity index is 1.83. The molecule has 0 aliphatic heterocycles. The number of carbonyl (C=O) groups is 2. The Morgan fingerprint density at radius 2 is 1.70 bits per heavy atom. The average Bonchev–Trinajstić information content (AvgIpc) is 2.85.